The SMILES string of the molecule is O=C(COc1cccc2c1CCC[C@H]2O)Nc1cccc(C(=O)NC2CC2)c1. The first kappa shape index (κ1) is 18.5. The molecule has 28 heavy (non-hydrogen) atoms. The van der Waals surface area contributed by atoms with Gasteiger partial charge in [-0.1, -0.05) is 18.2 Å². The van der Waals surface area contributed by atoms with Crippen molar-refractivity contribution in [2.75, 3.05) is 11.9 Å². The third-order valence-electron chi connectivity index (χ3n) is 5.11. The Balaban J connectivity index is 1.36. The van der Waals surface area contributed by atoms with Gasteiger partial charge in [0.25, 0.3) is 11.8 Å². The molecule has 1 saturated carbocycles. The fraction of sp³-hybridized carbons (Fsp3) is 0.364. The van der Waals surface area contributed by atoms with Crippen LogP contribution in [0.3, 0.4) is 0 Å². The topological polar surface area (TPSA) is 87.7 Å². The van der Waals surface area contributed by atoms with Crippen LogP contribution in [0.4, 0.5) is 5.69 Å². The van der Waals surface area contributed by atoms with Gasteiger partial charge < -0.3 is 20.5 Å². The monoisotopic (exact) mass is 380 g/mol. The number of aliphatic hydroxyl groups is 1. The molecule has 1 atom stereocenters. The molecule has 0 saturated heterocycles. The van der Waals surface area contributed by atoms with Crippen LogP contribution in [0.25, 0.3) is 0 Å². The Morgan fingerprint density at radius 3 is 2.75 bits per heavy atom. The summed E-state index contributed by atoms with van der Waals surface area (Å²) in [5.74, 6) is 0.224. The van der Waals surface area contributed by atoms with E-state index in [2.05, 4.69) is 10.6 Å². The Morgan fingerprint density at radius 1 is 1.11 bits per heavy atom. The highest BCUT2D eigenvalue weighted by Crippen LogP contribution is 2.35. The molecular formula is C22H24N2O4. The summed E-state index contributed by atoms with van der Waals surface area (Å²) in [5.41, 5.74) is 2.95. The smallest absolute Gasteiger partial charge is 0.262 e. The average Bonchev–Trinajstić information content (AvgIpc) is 3.51. The summed E-state index contributed by atoms with van der Waals surface area (Å²) in [6, 6.07) is 12.7. The number of anilines is 1. The molecule has 1 fully saturated rings. The molecule has 3 N–H and O–H groups in total. The third kappa shape index (κ3) is 4.34. The van der Waals surface area contributed by atoms with Gasteiger partial charge in [0, 0.05) is 17.3 Å². The van der Waals surface area contributed by atoms with Crippen LogP contribution in [-0.4, -0.2) is 29.6 Å². The number of amides is 2. The van der Waals surface area contributed by atoms with Crippen molar-refractivity contribution >= 4 is 17.5 Å². The van der Waals surface area contributed by atoms with Crippen molar-refractivity contribution in [3.05, 3.63) is 59.2 Å². The zero-order valence-electron chi connectivity index (χ0n) is 15.6. The lowest BCUT2D eigenvalue weighted by Crippen LogP contribution is -2.25. The third-order valence-corrected chi connectivity index (χ3v) is 5.11. The molecule has 0 spiro atoms. The van der Waals surface area contributed by atoms with Crippen molar-refractivity contribution < 1.29 is 19.4 Å². The lowest BCUT2D eigenvalue weighted by molar-refractivity contribution is -0.118. The molecule has 4 rings (SSSR count). The summed E-state index contributed by atoms with van der Waals surface area (Å²) in [4.78, 5) is 24.4. The van der Waals surface area contributed by atoms with E-state index in [1.807, 2.05) is 18.2 Å². The quantitative estimate of drug-likeness (QED) is 0.719. The lowest BCUT2D eigenvalue weighted by atomic mass is 9.89. The van der Waals surface area contributed by atoms with Crippen LogP contribution < -0.4 is 15.4 Å². The van der Waals surface area contributed by atoms with E-state index in [1.54, 1.807) is 24.3 Å². The fourth-order valence-electron chi connectivity index (χ4n) is 3.50. The number of fused-ring (bicyclic) bond motifs is 1. The molecule has 2 aliphatic carbocycles. The molecule has 0 unspecified atom stereocenters. The predicted octanol–water partition coefficient (Wildman–Crippen LogP) is 2.97. The van der Waals surface area contributed by atoms with E-state index in [9.17, 15) is 14.7 Å². The summed E-state index contributed by atoms with van der Waals surface area (Å²) in [6.07, 6.45) is 4.07. The first-order chi connectivity index (χ1) is 13.6. The van der Waals surface area contributed by atoms with Crippen molar-refractivity contribution in [3.8, 4) is 5.75 Å². The number of rotatable bonds is 6. The molecule has 6 nitrogen and oxygen atoms in total. The Labute approximate surface area is 163 Å². The van der Waals surface area contributed by atoms with E-state index in [4.69, 9.17) is 4.74 Å². The Bertz CT molecular complexity index is 892. The van der Waals surface area contributed by atoms with Gasteiger partial charge in [-0.15, -0.1) is 0 Å². The summed E-state index contributed by atoms with van der Waals surface area (Å²) in [5, 5.41) is 15.8. The number of ether oxygens (including phenoxy) is 1. The first-order valence-corrected chi connectivity index (χ1v) is 9.73. The van der Waals surface area contributed by atoms with Gasteiger partial charge in [0.15, 0.2) is 6.61 Å². The van der Waals surface area contributed by atoms with Crippen LogP contribution in [0, 0.1) is 0 Å². The molecule has 0 bridgehead atoms. The van der Waals surface area contributed by atoms with E-state index in [-0.39, 0.29) is 24.5 Å². The standard InChI is InChI=1S/C22H24N2O4/c25-19-8-2-7-18-17(19)6-3-9-20(18)28-13-21(26)23-16-5-1-4-14(12-16)22(27)24-15-10-11-15/h1,3-6,9,12,15,19,25H,2,7-8,10-11,13H2,(H,23,26)(H,24,27)/t19-/m1/s1. The fourth-order valence-corrected chi connectivity index (χ4v) is 3.50. The molecule has 146 valence electrons. The van der Waals surface area contributed by atoms with Crippen molar-refractivity contribution in [2.45, 2.75) is 44.2 Å². The van der Waals surface area contributed by atoms with Gasteiger partial charge in [-0.25, -0.2) is 0 Å². The zero-order chi connectivity index (χ0) is 19.5. The highest BCUT2D eigenvalue weighted by Gasteiger charge is 2.24. The van der Waals surface area contributed by atoms with Gasteiger partial charge in [-0.3, -0.25) is 9.59 Å². The highest BCUT2D eigenvalue weighted by molar-refractivity contribution is 5.97. The predicted molar refractivity (Wildman–Crippen MR) is 105 cm³/mol. The number of carbonyl (C=O) groups excluding carboxylic acids is 2. The van der Waals surface area contributed by atoms with Crippen LogP contribution in [0.1, 0.15) is 53.3 Å². The lowest BCUT2D eigenvalue weighted by Gasteiger charge is -2.23. The minimum absolute atomic E-state index is 0.121. The molecule has 0 aliphatic heterocycles. The van der Waals surface area contributed by atoms with E-state index in [0.29, 0.717) is 17.0 Å². The molecule has 0 heterocycles. The Morgan fingerprint density at radius 2 is 1.93 bits per heavy atom. The molecule has 0 aromatic heterocycles. The van der Waals surface area contributed by atoms with Gasteiger partial charge in [0.05, 0.1) is 6.10 Å². The maximum atomic E-state index is 12.3. The second-order valence-electron chi connectivity index (χ2n) is 7.40. The molecule has 6 heteroatoms. The van der Waals surface area contributed by atoms with Crippen molar-refractivity contribution in [3.63, 3.8) is 0 Å². The summed E-state index contributed by atoms with van der Waals surface area (Å²) in [6.45, 7) is -0.134. The molecule has 0 radical (unpaired) electrons. The van der Waals surface area contributed by atoms with Crippen LogP contribution in [0.15, 0.2) is 42.5 Å². The van der Waals surface area contributed by atoms with Gasteiger partial charge in [-0.2, -0.15) is 0 Å². The van der Waals surface area contributed by atoms with Crippen molar-refractivity contribution in [1.29, 1.82) is 0 Å². The largest absolute Gasteiger partial charge is 0.483 e. The molecule has 2 amide bonds. The molecule has 2 aromatic rings. The van der Waals surface area contributed by atoms with Crippen LogP contribution in [0.5, 0.6) is 5.75 Å². The second-order valence-corrected chi connectivity index (χ2v) is 7.40. The number of hydrogen-bond acceptors (Lipinski definition) is 4. The Hall–Kier alpha value is -2.86. The number of nitrogens with one attached hydrogen (secondary N) is 2. The second kappa shape index (κ2) is 8.02. The van der Waals surface area contributed by atoms with Crippen molar-refractivity contribution in [1.82, 2.24) is 5.32 Å². The summed E-state index contributed by atoms with van der Waals surface area (Å²) < 4.78 is 5.72. The first-order valence-electron chi connectivity index (χ1n) is 9.73. The minimum Gasteiger partial charge on any atom is -0.483 e. The minimum atomic E-state index is -0.467. The van der Waals surface area contributed by atoms with Crippen LogP contribution >= 0.6 is 0 Å². The van der Waals surface area contributed by atoms with Gasteiger partial charge in [0.2, 0.25) is 0 Å². The number of benzene rings is 2. The highest BCUT2D eigenvalue weighted by atomic mass is 16.5. The summed E-state index contributed by atoms with van der Waals surface area (Å²) >= 11 is 0. The van der Waals surface area contributed by atoms with Gasteiger partial charge >= 0.3 is 0 Å². The molecule has 2 aliphatic rings. The normalized spacial score (nSPS) is 18.1. The zero-order valence-corrected chi connectivity index (χ0v) is 15.6. The Kier molecular flexibility index (Phi) is 5.30. The molecule has 2 aromatic carbocycles. The van der Waals surface area contributed by atoms with E-state index in [0.717, 1.165) is 43.2 Å². The van der Waals surface area contributed by atoms with Crippen LogP contribution in [-0.2, 0) is 11.2 Å². The number of carbonyl (C=O) groups is 2. The molecular weight excluding hydrogens is 356 g/mol. The maximum Gasteiger partial charge on any atom is 0.262 e. The summed E-state index contributed by atoms with van der Waals surface area (Å²) in [7, 11) is 0. The average molecular weight is 380 g/mol. The van der Waals surface area contributed by atoms with Gasteiger partial charge in [0.1, 0.15) is 5.75 Å². The number of aliphatic hydroxyl groups excluding tert-OH is 1. The maximum absolute atomic E-state index is 12.3. The van der Waals surface area contributed by atoms with Crippen molar-refractivity contribution in [2.24, 2.45) is 0 Å². The van der Waals surface area contributed by atoms with E-state index in [1.165, 1.54) is 0 Å². The number of hydrogen-bond donors (Lipinski definition) is 3. The van der Waals surface area contributed by atoms with Crippen LogP contribution in [0.2, 0.25) is 0 Å². The van der Waals surface area contributed by atoms with E-state index >= 15 is 0 Å². The van der Waals surface area contributed by atoms with Gasteiger partial charge in [-0.05, 0) is 67.5 Å². The van der Waals surface area contributed by atoms with E-state index < -0.39 is 6.10 Å².